The SMILES string of the molecule is CC12CCC(=O)N1c1ccccc1C(=O)N2CCCC(=O)NNC(=O)c1ccc2c(c1)OCCO2. The molecule has 1 atom stereocenters. The first-order valence-corrected chi connectivity index (χ1v) is 11.6. The summed E-state index contributed by atoms with van der Waals surface area (Å²) in [6.45, 7) is 3.05. The van der Waals surface area contributed by atoms with Gasteiger partial charge >= 0.3 is 0 Å². The van der Waals surface area contributed by atoms with E-state index in [9.17, 15) is 19.2 Å². The van der Waals surface area contributed by atoms with Crippen molar-refractivity contribution in [1.29, 1.82) is 0 Å². The van der Waals surface area contributed by atoms with Crippen LogP contribution in [0, 0.1) is 0 Å². The van der Waals surface area contributed by atoms with Crippen LogP contribution in [0.25, 0.3) is 0 Å². The van der Waals surface area contributed by atoms with Crippen LogP contribution in [-0.4, -0.2) is 54.0 Å². The zero-order valence-electron chi connectivity index (χ0n) is 19.3. The second kappa shape index (κ2) is 8.94. The van der Waals surface area contributed by atoms with Gasteiger partial charge < -0.3 is 14.4 Å². The molecule has 3 heterocycles. The molecule has 0 bridgehead atoms. The Morgan fingerprint density at radius 3 is 2.63 bits per heavy atom. The van der Waals surface area contributed by atoms with Gasteiger partial charge in [-0.2, -0.15) is 0 Å². The maximum Gasteiger partial charge on any atom is 0.269 e. The first-order valence-electron chi connectivity index (χ1n) is 11.6. The Balaban J connectivity index is 1.17. The van der Waals surface area contributed by atoms with Gasteiger partial charge in [-0.3, -0.25) is 34.9 Å². The molecule has 0 aliphatic carbocycles. The van der Waals surface area contributed by atoms with Crippen molar-refractivity contribution < 1.29 is 28.7 Å². The lowest BCUT2D eigenvalue weighted by Gasteiger charge is -2.48. The number of amides is 4. The molecule has 0 spiro atoms. The molecular formula is C25H26N4O6. The van der Waals surface area contributed by atoms with E-state index in [-0.39, 0.29) is 24.1 Å². The number of carbonyl (C=O) groups is 4. The summed E-state index contributed by atoms with van der Waals surface area (Å²) in [5.74, 6) is 0.0216. The molecule has 1 unspecified atom stereocenters. The number of nitrogens with one attached hydrogen (secondary N) is 2. The standard InChI is InChI=1S/C25H26N4O6/c1-25-11-10-22(31)29(25)18-6-3-2-5-17(18)24(33)28(25)12-4-7-21(30)26-27-23(32)16-8-9-19-20(15-16)35-14-13-34-19/h2-3,5-6,8-9,15H,4,7,10-14H2,1H3,(H,26,30)(H,27,32). The third-order valence-electron chi connectivity index (χ3n) is 6.65. The zero-order valence-corrected chi connectivity index (χ0v) is 19.3. The molecule has 3 aliphatic rings. The molecule has 2 aromatic carbocycles. The summed E-state index contributed by atoms with van der Waals surface area (Å²) in [7, 11) is 0. The Bertz CT molecular complexity index is 1210. The van der Waals surface area contributed by atoms with Crippen LogP contribution in [-0.2, 0) is 9.59 Å². The summed E-state index contributed by atoms with van der Waals surface area (Å²) in [6.07, 6.45) is 1.36. The van der Waals surface area contributed by atoms with E-state index in [0.717, 1.165) is 0 Å². The van der Waals surface area contributed by atoms with Gasteiger partial charge in [0, 0.05) is 24.9 Å². The molecular weight excluding hydrogens is 452 g/mol. The van der Waals surface area contributed by atoms with E-state index in [1.165, 1.54) is 0 Å². The van der Waals surface area contributed by atoms with E-state index >= 15 is 0 Å². The van der Waals surface area contributed by atoms with Crippen LogP contribution in [0.3, 0.4) is 0 Å². The highest BCUT2D eigenvalue weighted by molar-refractivity contribution is 6.10. The van der Waals surface area contributed by atoms with Crippen molar-refractivity contribution in [3.05, 3.63) is 53.6 Å². The van der Waals surface area contributed by atoms with E-state index in [4.69, 9.17) is 9.47 Å². The van der Waals surface area contributed by atoms with E-state index in [1.807, 2.05) is 13.0 Å². The minimum Gasteiger partial charge on any atom is -0.486 e. The van der Waals surface area contributed by atoms with Crippen molar-refractivity contribution >= 4 is 29.3 Å². The lowest BCUT2D eigenvalue weighted by molar-refractivity contribution is -0.122. The summed E-state index contributed by atoms with van der Waals surface area (Å²) >= 11 is 0. The lowest BCUT2D eigenvalue weighted by Crippen LogP contribution is -2.62. The molecule has 4 amide bonds. The number of hydrogen-bond acceptors (Lipinski definition) is 6. The second-order valence-electron chi connectivity index (χ2n) is 8.88. The number of rotatable bonds is 5. The maximum atomic E-state index is 13.2. The van der Waals surface area contributed by atoms with Gasteiger partial charge in [0.05, 0.1) is 11.3 Å². The smallest absolute Gasteiger partial charge is 0.269 e. The molecule has 2 aromatic rings. The van der Waals surface area contributed by atoms with Gasteiger partial charge in [0.25, 0.3) is 11.8 Å². The molecule has 0 saturated carbocycles. The fourth-order valence-corrected chi connectivity index (χ4v) is 4.89. The van der Waals surface area contributed by atoms with E-state index in [1.54, 1.807) is 46.2 Å². The van der Waals surface area contributed by atoms with Gasteiger partial charge in [0.1, 0.15) is 18.9 Å². The van der Waals surface area contributed by atoms with Crippen LogP contribution in [0.15, 0.2) is 42.5 Å². The second-order valence-corrected chi connectivity index (χ2v) is 8.88. The normalized spacial score (nSPS) is 20.3. The molecule has 1 fully saturated rings. The molecule has 10 nitrogen and oxygen atoms in total. The number of para-hydroxylation sites is 1. The highest BCUT2D eigenvalue weighted by Crippen LogP contribution is 2.44. The van der Waals surface area contributed by atoms with Crippen LogP contribution in [0.5, 0.6) is 11.5 Å². The first-order chi connectivity index (χ1) is 16.9. The summed E-state index contributed by atoms with van der Waals surface area (Å²) in [5.41, 5.74) is 5.49. The Morgan fingerprint density at radius 2 is 1.80 bits per heavy atom. The highest BCUT2D eigenvalue weighted by Gasteiger charge is 2.52. The molecule has 1 saturated heterocycles. The van der Waals surface area contributed by atoms with E-state index in [0.29, 0.717) is 67.3 Å². The van der Waals surface area contributed by atoms with Gasteiger partial charge in [-0.25, -0.2) is 0 Å². The van der Waals surface area contributed by atoms with E-state index in [2.05, 4.69) is 10.9 Å². The monoisotopic (exact) mass is 478 g/mol. The molecule has 3 aliphatic heterocycles. The molecule has 10 heteroatoms. The number of benzene rings is 2. The van der Waals surface area contributed by atoms with Crippen molar-refractivity contribution in [3.8, 4) is 11.5 Å². The molecule has 5 rings (SSSR count). The largest absolute Gasteiger partial charge is 0.486 e. The zero-order chi connectivity index (χ0) is 24.6. The molecule has 182 valence electrons. The van der Waals surface area contributed by atoms with Gasteiger partial charge in [-0.1, -0.05) is 12.1 Å². The van der Waals surface area contributed by atoms with Gasteiger partial charge in [-0.15, -0.1) is 0 Å². The van der Waals surface area contributed by atoms with Crippen LogP contribution >= 0.6 is 0 Å². The molecule has 2 N–H and O–H groups in total. The van der Waals surface area contributed by atoms with Crippen molar-refractivity contribution in [2.45, 2.75) is 38.3 Å². The van der Waals surface area contributed by atoms with Crippen molar-refractivity contribution in [2.75, 3.05) is 24.7 Å². The Hall–Kier alpha value is -4.08. The average Bonchev–Trinajstić information content (AvgIpc) is 3.19. The minimum atomic E-state index is -0.758. The third kappa shape index (κ3) is 4.05. The van der Waals surface area contributed by atoms with E-state index < -0.39 is 11.6 Å². The predicted octanol–water partition coefficient (Wildman–Crippen LogP) is 2.00. The van der Waals surface area contributed by atoms with Crippen molar-refractivity contribution in [2.24, 2.45) is 0 Å². The van der Waals surface area contributed by atoms with Crippen LogP contribution < -0.4 is 25.2 Å². The lowest BCUT2D eigenvalue weighted by atomic mass is 9.98. The van der Waals surface area contributed by atoms with Crippen LogP contribution in [0.4, 0.5) is 5.69 Å². The number of ether oxygens (including phenoxy) is 2. The summed E-state index contributed by atoms with van der Waals surface area (Å²) < 4.78 is 10.9. The van der Waals surface area contributed by atoms with Crippen molar-refractivity contribution in [3.63, 3.8) is 0 Å². The number of fused-ring (bicyclic) bond motifs is 4. The fourth-order valence-electron chi connectivity index (χ4n) is 4.89. The van der Waals surface area contributed by atoms with Gasteiger partial charge in [-0.05, 0) is 50.1 Å². The molecule has 35 heavy (non-hydrogen) atoms. The van der Waals surface area contributed by atoms with Gasteiger partial charge in [0.2, 0.25) is 11.8 Å². The maximum absolute atomic E-state index is 13.2. The molecule has 0 radical (unpaired) electrons. The number of carbonyl (C=O) groups excluding carboxylic acids is 4. The topological polar surface area (TPSA) is 117 Å². The number of nitrogens with zero attached hydrogens (tertiary/aromatic N) is 2. The average molecular weight is 479 g/mol. The summed E-state index contributed by atoms with van der Waals surface area (Å²) in [4.78, 5) is 54.0. The quantitative estimate of drug-likeness (QED) is 0.635. The van der Waals surface area contributed by atoms with Gasteiger partial charge in [0.15, 0.2) is 11.5 Å². The predicted molar refractivity (Wildman–Crippen MR) is 125 cm³/mol. The summed E-state index contributed by atoms with van der Waals surface area (Å²) in [6, 6.07) is 11.9. The third-order valence-corrected chi connectivity index (χ3v) is 6.65. The summed E-state index contributed by atoms with van der Waals surface area (Å²) in [5, 5.41) is 0. The Labute approximate surface area is 202 Å². The fraction of sp³-hybridized carbons (Fsp3) is 0.360. The number of hydrogen-bond donors (Lipinski definition) is 2. The van der Waals surface area contributed by atoms with Crippen LogP contribution in [0.1, 0.15) is 53.3 Å². The number of anilines is 1. The highest BCUT2D eigenvalue weighted by atomic mass is 16.6. The minimum absolute atomic E-state index is 0.0166. The Morgan fingerprint density at radius 1 is 1.03 bits per heavy atom. The Kier molecular flexibility index (Phi) is 5.80. The van der Waals surface area contributed by atoms with Crippen LogP contribution in [0.2, 0.25) is 0 Å². The number of hydrazine groups is 1. The first kappa shape index (κ1) is 22.7. The van der Waals surface area contributed by atoms with Crippen molar-refractivity contribution in [1.82, 2.24) is 15.8 Å². The molecule has 0 aromatic heterocycles.